The molecule has 1 aliphatic heterocycles. The summed E-state index contributed by atoms with van der Waals surface area (Å²) < 4.78 is 16.8. The summed E-state index contributed by atoms with van der Waals surface area (Å²) in [6.45, 7) is 12.1. The van der Waals surface area contributed by atoms with E-state index < -0.39 is 0 Å². The molecular weight excluding hydrogens is 268 g/mol. The molecule has 1 N–H and O–H groups in total. The van der Waals surface area contributed by atoms with Gasteiger partial charge in [-0.2, -0.15) is 0 Å². The standard InChI is InChI=1S/C16H26N2O3/c1-4-17-11-13-9-15-16(21-12-20-15)10-14(13)19-8-7-18(5-2)6-3/h9-10,17H,4-8,11-12H2,1-3H3. The third-order valence-corrected chi connectivity index (χ3v) is 3.68. The lowest BCUT2D eigenvalue weighted by molar-refractivity contribution is 0.173. The largest absolute Gasteiger partial charge is 0.492 e. The number of nitrogens with one attached hydrogen (secondary N) is 1. The number of benzene rings is 1. The van der Waals surface area contributed by atoms with Crippen molar-refractivity contribution < 1.29 is 14.2 Å². The van der Waals surface area contributed by atoms with Crippen molar-refractivity contribution in [2.75, 3.05) is 39.6 Å². The van der Waals surface area contributed by atoms with Crippen LogP contribution >= 0.6 is 0 Å². The molecule has 118 valence electrons. The molecule has 0 atom stereocenters. The highest BCUT2D eigenvalue weighted by molar-refractivity contribution is 5.51. The highest BCUT2D eigenvalue weighted by atomic mass is 16.7. The fourth-order valence-corrected chi connectivity index (χ4v) is 2.32. The van der Waals surface area contributed by atoms with Gasteiger partial charge in [-0.05, 0) is 25.7 Å². The van der Waals surface area contributed by atoms with E-state index >= 15 is 0 Å². The molecule has 1 heterocycles. The average molecular weight is 294 g/mol. The number of ether oxygens (including phenoxy) is 3. The zero-order chi connectivity index (χ0) is 15.1. The summed E-state index contributed by atoms with van der Waals surface area (Å²) in [4.78, 5) is 2.34. The van der Waals surface area contributed by atoms with Crippen LogP contribution in [0.25, 0.3) is 0 Å². The normalized spacial score (nSPS) is 13.0. The van der Waals surface area contributed by atoms with E-state index in [0.717, 1.165) is 55.5 Å². The molecule has 21 heavy (non-hydrogen) atoms. The maximum Gasteiger partial charge on any atom is 0.231 e. The first-order valence-corrected chi connectivity index (χ1v) is 7.76. The Hall–Kier alpha value is -1.46. The Labute approximate surface area is 127 Å². The van der Waals surface area contributed by atoms with E-state index in [-0.39, 0.29) is 0 Å². The number of hydrogen-bond donors (Lipinski definition) is 1. The van der Waals surface area contributed by atoms with Gasteiger partial charge in [-0.25, -0.2) is 0 Å². The van der Waals surface area contributed by atoms with E-state index in [9.17, 15) is 0 Å². The quantitative estimate of drug-likeness (QED) is 0.756. The summed E-state index contributed by atoms with van der Waals surface area (Å²) in [5.41, 5.74) is 1.11. The first kappa shape index (κ1) is 15.9. The highest BCUT2D eigenvalue weighted by Gasteiger charge is 2.18. The zero-order valence-electron chi connectivity index (χ0n) is 13.3. The van der Waals surface area contributed by atoms with Crippen molar-refractivity contribution >= 4 is 0 Å². The van der Waals surface area contributed by atoms with Crippen LogP contribution in [0.15, 0.2) is 12.1 Å². The van der Waals surface area contributed by atoms with Gasteiger partial charge in [0, 0.05) is 24.7 Å². The van der Waals surface area contributed by atoms with Crippen molar-refractivity contribution in [3.63, 3.8) is 0 Å². The van der Waals surface area contributed by atoms with Crippen molar-refractivity contribution in [1.29, 1.82) is 0 Å². The molecule has 0 unspecified atom stereocenters. The summed E-state index contributed by atoms with van der Waals surface area (Å²) >= 11 is 0. The second-order valence-corrected chi connectivity index (χ2v) is 4.97. The molecule has 1 aromatic carbocycles. The topological polar surface area (TPSA) is 43.0 Å². The molecule has 0 aromatic heterocycles. The van der Waals surface area contributed by atoms with Crippen molar-refractivity contribution in [1.82, 2.24) is 10.2 Å². The van der Waals surface area contributed by atoms with Crippen molar-refractivity contribution in [3.8, 4) is 17.2 Å². The van der Waals surface area contributed by atoms with Gasteiger partial charge in [0.15, 0.2) is 11.5 Å². The molecule has 0 amide bonds. The highest BCUT2D eigenvalue weighted by Crippen LogP contribution is 2.38. The second-order valence-electron chi connectivity index (χ2n) is 4.97. The third kappa shape index (κ3) is 4.25. The summed E-state index contributed by atoms with van der Waals surface area (Å²) in [6, 6.07) is 3.95. The van der Waals surface area contributed by atoms with Crippen LogP contribution in [0.2, 0.25) is 0 Å². The third-order valence-electron chi connectivity index (χ3n) is 3.68. The van der Waals surface area contributed by atoms with Gasteiger partial charge in [0.2, 0.25) is 6.79 Å². The Morgan fingerprint density at radius 2 is 1.86 bits per heavy atom. The maximum atomic E-state index is 5.98. The number of fused-ring (bicyclic) bond motifs is 1. The number of nitrogens with zero attached hydrogens (tertiary/aromatic N) is 1. The van der Waals surface area contributed by atoms with Crippen LogP contribution in [0, 0.1) is 0 Å². The van der Waals surface area contributed by atoms with Crippen LogP contribution in [-0.2, 0) is 6.54 Å². The van der Waals surface area contributed by atoms with E-state index in [1.807, 2.05) is 12.1 Å². The van der Waals surface area contributed by atoms with E-state index in [2.05, 4.69) is 31.0 Å². The fourth-order valence-electron chi connectivity index (χ4n) is 2.32. The maximum absolute atomic E-state index is 5.98. The molecule has 0 saturated carbocycles. The molecule has 0 radical (unpaired) electrons. The molecular formula is C16H26N2O3. The van der Waals surface area contributed by atoms with E-state index in [0.29, 0.717) is 13.4 Å². The van der Waals surface area contributed by atoms with Crippen LogP contribution < -0.4 is 19.5 Å². The Morgan fingerprint density at radius 1 is 1.14 bits per heavy atom. The van der Waals surface area contributed by atoms with Crippen molar-refractivity contribution in [2.45, 2.75) is 27.3 Å². The number of hydrogen-bond acceptors (Lipinski definition) is 5. The van der Waals surface area contributed by atoms with Gasteiger partial charge >= 0.3 is 0 Å². The fraction of sp³-hybridized carbons (Fsp3) is 0.625. The summed E-state index contributed by atoms with van der Waals surface area (Å²) in [5, 5.41) is 3.33. The molecule has 0 fully saturated rings. The summed E-state index contributed by atoms with van der Waals surface area (Å²) in [5.74, 6) is 2.46. The molecule has 0 spiro atoms. The number of likely N-dealkylation sites (N-methyl/N-ethyl adjacent to an activating group) is 1. The van der Waals surface area contributed by atoms with Gasteiger partial charge in [-0.1, -0.05) is 20.8 Å². The Bertz CT molecular complexity index is 447. The van der Waals surface area contributed by atoms with E-state index in [4.69, 9.17) is 14.2 Å². The predicted molar refractivity (Wildman–Crippen MR) is 83.2 cm³/mol. The lowest BCUT2D eigenvalue weighted by atomic mass is 10.1. The Kier molecular flexibility index (Phi) is 6.14. The smallest absolute Gasteiger partial charge is 0.231 e. The van der Waals surface area contributed by atoms with Gasteiger partial charge in [-0.15, -0.1) is 0 Å². The molecule has 0 aliphatic carbocycles. The summed E-state index contributed by atoms with van der Waals surface area (Å²) in [7, 11) is 0. The second kappa shape index (κ2) is 8.10. The van der Waals surface area contributed by atoms with E-state index in [1.54, 1.807) is 0 Å². The van der Waals surface area contributed by atoms with Crippen molar-refractivity contribution in [3.05, 3.63) is 17.7 Å². The molecule has 1 aliphatic rings. The van der Waals surface area contributed by atoms with Gasteiger partial charge in [-0.3, -0.25) is 0 Å². The first-order valence-electron chi connectivity index (χ1n) is 7.76. The minimum Gasteiger partial charge on any atom is -0.492 e. The van der Waals surface area contributed by atoms with Gasteiger partial charge in [0.25, 0.3) is 0 Å². The molecule has 5 nitrogen and oxygen atoms in total. The predicted octanol–water partition coefficient (Wildman–Crippen LogP) is 2.25. The van der Waals surface area contributed by atoms with E-state index in [1.165, 1.54) is 0 Å². The monoisotopic (exact) mass is 294 g/mol. The lowest BCUT2D eigenvalue weighted by Gasteiger charge is -2.19. The molecule has 2 rings (SSSR count). The molecule has 5 heteroatoms. The Balaban J connectivity index is 2.02. The van der Waals surface area contributed by atoms with Gasteiger partial charge in [0.05, 0.1) is 0 Å². The molecule has 0 saturated heterocycles. The van der Waals surface area contributed by atoms with Crippen LogP contribution in [0.4, 0.5) is 0 Å². The molecule has 1 aromatic rings. The van der Waals surface area contributed by atoms with Gasteiger partial charge < -0.3 is 24.4 Å². The molecule has 0 bridgehead atoms. The van der Waals surface area contributed by atoms with Crippen LogP contribution in [0.3, 0.4) is 0 Å². The Morgan fingerprint density at radius 3 is 2.52 bits per heavy atom. The van der Waals surface area contributed by atoms with Gasteiger partial charge in [0.1, 0.15) is 12.4 Å². The minimum absolute atomic E-state index is 0.291. The SMILES string of the molecule is CCNCc1cc2c(cc1OCCN(CC)CC)OCO2. The average Bonchev–Trinajstić information content (AvgIpc) is 2.96. The zero-order valence-corrected chi connectivity index (χ0v) is 13.3. The number of rotatable bonds is 9. The summed E-state index contributed by atoms with van der Waals surface area (Å²) in [6.07, 6.45) is 0. The van der Waals surface area contributed by atoms with Crippen molar-refractivity contribution in [2.24, 2.45) is 0 Å². The lowest BCUT2D eigenvalue weighted by Crippen LogP contribution is -2.28. The van der Waals surface area contributed by atoms with Crippen LogP contribution in [0.5, 0.6) is 17.2 Å². The minimum atomic E-state index is 0.291. The van der Waals surface area contributed by atoms with Crippen LogP contribution in [-0.4, -0.2) is 44.5 Å². The first-order chi connectivity index (χ1) is 10.3. The van der Waals surface area contributed by atoms with Crippen LogP contribution in [0.1, 0.15) is 26.3 Å².